The maximum atomic E-state index is 12.9. The van der Waals surface area contributed by atoms with E-state index in [2.05, 4.69) is 47.1 Å². The molecule has 1 amide bonds. The van der Waals surface area contributed by atoms with Crippen molar-refractivity contribution in [1.82, 2.24) is 9.99 Å². The van der Waals surface area contributed by atoms with Crippen molar-refractivity contribution >= 4 is 27.8 Å². The third-order valence-corrected chi connectivity index (χ3v) is 8.42. The first kappa shape index (κ1) is 26.9. The van der Waals surface area contributed by atoms with Crippen molar-refractivity contribution < 1.29 is 13.2 Å². The summed E-state index contributed by atoms with van der Waals surface area (Å²) in [7, 11) is -2.22. The molecule has 4 rings (SSSR count). The number of hydrogen-bond acceptors (Lipinski definition) is 4. The first-order chi connectivity index (χ1) is 18.0. The molecule has 0 spiro atoms. The summed E-state index contributed by atoms with van der Waals surface area (Å²) in [5.74, 6) is -0.389. The van der Waals surface area contributed by atoms with Crippen LogP contribution >= 0.6 is 0 Å². The van der Waals surface area contributed by atoms with Crippen LogP contribution in [0.25, 0.3) is 5.69 Å². The molecule has 196 valence electrons. The first-order valence-electron chi connectivity index (χ1n) is 12.2. The molecule has 0 atom stereocenters. The topological polar surface area (TPSA) is 83.8 Å². The van der Waals surface area contributed by atoms with Gasteiger partial charge in [0.1, 0.15) is 0 Å². The summed E-state index contributed by atoms with van der Waals surface area (Å²) in [6.07, 6.45) is 1.64. The zero-order valence-corrected chi connectivity index (χ0v) is 23.3. The van der Waals surface area contributed by atoms with E-state index in [4.69, 9.17) is 0 Å². The van der Waals surface area contributed by atoms with E-state index in [1.54, 1.807) is 54.7 Å². The largest absolute Gasteiger partial charge is 0.318 e. The van der Waals surface area contributed by atoms with E-state index in [1.165, 1.54) is 22.5 Å². The number of carbonyl (C=O) groups is 1. The summed E-state index contributed by atoms with van der Waals surface area (Å²) < 4.78 is 29.3. The molecule has 0 aliphatic carbocycles. The van der Waals surface area contributed by atoms with Crippen molar-refractivity contribution in [2.45, 2.75) is 39.5 Å². The summed E-state index contributed by atoms with van der Waals surface area (Å²) in [4.78, 5) is 12.9. The minimum atomic E-state index is -3.71. The number of aromatic nitrogens is 1. The number of hydrogen-bond donors (Lipinski definition) is 1. The van der Waals surface area contributed by atoms with Crippen LogP contribution in [0.4, 0.5) is 5.69 Å². The number of carbonyl (C=O) groups excluding carboxylic acids is 1. The molecule has 8 heteroatoms. The van der Waals surface area contributed by atoms with Gasteiger partial charge in [-0.05, 0) is 94.3 Å². The normalized spacial score (nSPS) is 11.6. The number of benzene rings is 3. The zero-order valence-electron chi connectivity index (χ0n) is 22.5. The smallest absolute Gasteiger partial charge is 0.271 e. The average Bonchev–Trinajstić information content (AvgIpc) is 3.17. The Morgan fingerprint density at radius 2 is 1.50 bits per heavy atom. The molecular weight excluding hydrogens is 496 g/mol. The first-order valence-corrected chi connectivity index (χ1v) is 13.7. The lowest BCUT2D eigenvalue weighted by molar-refractivity contribution is 0.0955. The third kappa shape index (κ3) is 5.40. The summed E-state index contributed by atoms with van der Waals surface area (Å²) in [6, 6.07) is 21.4. The van der Waals surface area contributed by atoms with E-state index in [1.807, 2.05) is 26.8 Å². The predicted molar refractivity (Wildman–Crippen MR) is 153 cm³/mol. The second-order valence-electron chi connectivity index (χ2n) is 9.48. The molecule has 7 nitrogen and oxygen atoms in total. The number of sulfonamides is 1. The number of nitrogens with one attached hydrogen (secondary N) is 1. The van der Waals surface area contributed by atoms with Gasteiger partial charge in [-0.2, -0.15) is 5.10 Å². The summed E-state index contributed by atoms with van der Waals surface area (Å²) >= 11 is 0. The van der Waals surface area contributed by atoms with Crippen LogP contribution in [0.5, 0.6) is 0 Å². The molecule has 38 heavy (non-hydrogen) atoms. The fourth-order valence-electron chi connectivity index (χ4n) is 4.30. The van der Waals surface area contributed by atoms with Gasteiger partial charge in [0, 0.05) is 35.2 Å². The second-order valence-corrected chi connectivity index (χ2v) is 11.5. The van der Waals surface area contributed by atoms with Crippen molar-refractivity contribution in [2.24, 2.45) is 5.10 Å². The lowest BCUT2D eigenvalue weighted by Gasteiger charge is -2.19. The van der Waals surface area contributed by atoms with Crippen LogP contribution in [-0.4, -0.2) is 32.2 Å². The van der Waals surface area contributed by atoms with Gasteiger partial charge in [0.25, 0.3) is 15.9 Å². The van der Waals surface area contributed by atoms with E-state index < -0.39 is 10.0 Å². The number of amides is 1. The molecule has 1 heterocycles. The molecule has 1 N–H and O–H groups in total. The Kier molecular flexibility index (Phi) is 7.55. The molecule has 0 radical (unpaired) electrons. The fraction of sp³-hybridized carbons (Fsp3) is 0.200. The van der Waals surface area contributed by atoms with Gasteiger partial charge in [0.05, 0.1) is 16.8 Å². The van der Waals surface area contributed by atoms with Crippen LogP contribution in [0.3, 0.4) is 0 Å². The lowest BCUT2D eigenvalue weighted by Crippen LogP contribution is -2.26. The average molecular weight is 529 g/mol. The highest BCUT2D eigenvalue weighted by Crippen LogP contribution is 2.24. The standard InChI is InChI=1S/C30H32N4O3S/c1-20-8-15-28(16-9-20)38(36,37)33(6)27-13-11-25(12-14-27)30(35)32-31-19-26-18-23(4)34(24(26)5)29-17-21(2)7-10-22(29)3/h7-19H,1-6H3,(H,32,35)/b31-19-. The Balaban J connectivity index is 1.46. The van der Waals surface area contributed by atoms with E-state index >= 15 is 0 Å². The molecule has 0 fully saturated rings. The number of aryl methyl sites for hydroxylation is 4. The monoisotopic (exact) mass is 528 g/mol. The molecule has 4 aromatic rings. The Morgan fingerprint density at radius 1 is 0.868 bits per heavy atom. The van der Waals surface area contributed by atoms with Crippen molar-refractivity contribution in [1.29, 1.82) is 0 Å². The lowest BCUT2D eigenvalue weighted by atomic mass is 10.1. The maximum Gasteiger partial charge on any atom is 0.271 e. The van der Waals surface area contributed by atoms with Gasteiger partial charge in [-0.25, -0.2) is 13.8 Å². The van der Waals surface area contributed by atoms with Crippen LogP contribution in [-0.2, 0) is 10.0 Å². The van der Waals surface area contributed by atoms with Gasteiger partial charge in [-0.15, -0.1) is 0 Å². The minimum absolute atomic E-state index is 0.207. The Hall–Kier alpha value is -4.17. The molecule has 0 aliphatic rings. The van der Waals surface area contributed by atoms with Crippen LogP contribution in [0.1, 0.15) is 44.0 Å². The number of nitrogens with zero attached hydrogens (tertiary/aromatic N) is 3. The van der Waals surface area contributed by atoms with E-state index in [-0.39, 0.29) is 10.8 Å². The molecule has 3 aromatic carbocycles. The summed E-state index contributed by atoms with van der Waals surface area (Å²) in [5, 5.41) is 4.17. The van der Waals surface area contributed by atoms with E-state index in [0.29, 0.717) is 11.3 Å². The molecule has 0 bridgehead atoms. The van der Waals surface area contributed by atoms with Crippen LogP contribution in [0, 0.1) is 34.6 Å². The van der Waals surface area contributed by atoms with E-state index in [9.17, 15) is 13.2 Å². The molecule has 0 unspecified atom stereocenters. The molecule has 1 aromatic heterocycles. The highest BCUT2D eigenvalue weighted by atomic mass is 32.2. The van der Waals surface area contributed by atoms with Gasteiger partial charge in [-0.1, -0.05) is 29.8 Å². The highest BCUT2D eigenvalue weighted by Gasteiger charge is 2.21. The van der Waals surface area contributed by atoms with Crippen molar-refractivity contribution in [3.8, 4) is 5.69 Å². The van der Waals surface area contributed by atoms with Crippen molar-refractivity contribution in [3.63, 3.8) is 0 Å². The molecular formula is C30H32N4O3S. The van der Waals surface area contributed by atoms with Crippen LogP contribution in [0.15, 0.2) is 82.8 Å². The Bertz CT molecular complexity index is 1620. The number of anilines is 1. The molecule has 0 saturated carbocycles. The second kappa shape index (κ2) is 10.7. The maximum absolute atomic E-state index is 12.9. The fourth-order valence-corrected chi connectivity index (χ4v) is 5.50. The van der Waals surface area contributed by atoms with Gasteiger partial charge in [-0.3, -0.25) is 9.10 Å². The summed E-state index contributed by atoms with van der Waals surface area (Å²) in [6.45, 7) is 10.1. The zero-order chi connectivity index (χ0) is 27.6. The quantitative estimate of drug-likeness (QED) is 0.250. The van der Waals surface area contributed by atoms with Crippen LogP contribution < -0.4 is 9.73 Å². The van der Waals surface area contributed by atoms with Gasteiger partial charge >= 0.3 is 0 Å². The summed E-state index contributed by atoms with van der Waals surface area (Å²) in [5.41, 5.74) is 10.8. The molecule has 0 aliphatic heterocycles. The van der Waals surface area contributed by atoms with Gasteiger partial charge < -0.3 is 4.57 Å². The van der Waals surface area contributed by atoms with Gasteiger partial charge in [0.15, 0.2) is 0 Å². The number of hydrazone groups is 1. The van der Waals surface area contributed by atoms with Gasteiger partial charge in [0.2, 0.25) is 0 Å². The molecule has 0 saturated heterocycles. The Morgan fingerprint density at radius 3 is 2.16 bits per heavy atom. The van der Waals surface area contributed by atoms with E-state index in [0.717, 1.165) is 28.2 Å². The van der Waals surface area contributed by atoms with Crippen molar-refractivity contribution in [2.75, 3.05) is 11.4 Å². The number of rotatable bonds is 7. The Labute approximate surface area is 224 Å². The highest BCUT2D eigenvalue weighted by molar-refractivity contribution is 7.92. The predicted octanol–water partition coefficient (Wildman–Crippen LogP) is 5.61. The SMILES string of the molecule is Cc1ccc(S(=O)(=O)N(C)c2ccc(C(=O)N/N=C\c3cc(C)n(-c4cc(C)ccc4C)c3C)cc2)cc1. The van der Waals surface area contributed by atoms with Crippen LogP contribution in [0.2, 0.25) is 0 Å². The minimum Gasteiger partial charge on any atom is -0.318 e. The van der Waals surface area contributed by atoms with Crippen molar-refractivity contribution in [3.05, 3.63) is 112 Å². The third-order valence-electron chi connectivity index (χ3n) is 6.62.